The normalized spacial score (nSPS) is 19.4. The van der Waals surface area contributed by atoms with E-state index in [0.29, 0.717) is 11.1 Å². The van der Waals surface area contributed by atoms with Crippen molar-refractivity contribution in [3.63, 3.8) is 0 Å². The molecule has 2 aromatic rings. The molecule has 1 heterocycles. The summed E-state index contributed by atoms with van der Waals surface area (Å²) in [7, 11) is 0. The third kappa shape index (κ3) is 3.06. The summed E-state index contributed by atoms with van der Waals surface area (Å²) in [6.07, 6.45) is 0. The smallest absolute Gasteiger partial charge is 0.295 e. The van der Waals surface area contributed by atoms with Crippen LogP contribution in [0.1, 0.15) is 22.7 Å². The lowest BCUT2D eigenvalue weighted by Crippen LogP contribution is -2.32. The number of nitrogens with zero attached hydrogens (tertiary/aromatic N) is 1. The maximum atomic E-state index is 12.6. The van der Waals surface area contributed by atoms with Gasteiger partial charge in [-0.05, 0) is 12.5 Å². The number of aliphatic hydroxyl groups is 2. The second-order valence-corrected chi connectivity index (χ2v) is 5.99. The Morgan fingerprint density at radius 3 is 2.28 bits per heavy atom. The molecule has 1 amide bonds. The first kappa shape index (κ1) is 16.9. The lowest BCUT2D eigenvalue weighted by Gasteiger charge is -2.24. The Balaban J connectivity index is 2.17. The van der Waals surface area contributed by atoms with Crippen molar-refractivity contribution in [1.82, 2.24) is 4.90 Å². The molecule has 1 aliphatic rings. The van der Waals surface area contributed by atoms with Crippen LogP contribution in [0.25, 0.3) is 5.76 Å². The van der Waals surface area contributed by atoms with Gasteiger partial charge in [-0.2, -0.15) is 0 Å². The van der Waals surface area contributed by atoms with Gasteiger partial charge >= 0.3 is 0 Å². The van der Waals surface area contributed by atoms with Gasteiger partial charge in [-0.25, -0.2) is 0 Å². The van der Waals surface area contributed by atoms with Crippen molar-refractivity contribution in [2.24, 2.45) is 0 Å². The molecule has 2 N–H and O–H groups in total. The molecule has 0 aliphatic carbocycles. The number of ketones is 1. The summed E-state index contributed by atoms with van der Waals surface area (Å²) in [6.45, 7) is 1.68. The Morgan fingerprint density at radius 1 is 1.04 bits per heavy atom. The van der Waals surface area contributed by atoms with E-state index in [1.807, 2.05) is 25.1 Å². The van der Waals surface area contributed by atoms with Gasteiger partial charge in [0.1, 0.15) is 5.76 Å². The molecule has 0 aromatic heterocycles. The Kier molecular flexibility index (Phi) is 4.67. The highest BCUT2D eigenvalue weighted by Gasteiger charge is 2.45. The van der Waals surface area contributed by atoms with E-state index < -0.39 is 17.7 Å². The van der Waals surface area contributed by atoms with E-state index in [1.165, 1.54) is 4.90 Å². The van der Waals surface area contributed by atoms with Crippen molar-refractivity contribution in [3.8, 4) is 0 Å². The molecule has 0 bridgehead atoms. The zero-order valence-electron chi connectivity index (χ0n) is 13.8. The van der Waals surface area contributed by atoms with E-state index in [9.17, 15) is 19.8 Å². The first-order chi connectivity index (χ1) is 12.0. The summed E-state index contributed by atoms with van der Waals surface area (Å²) >= 11 is 0. The highest BCUT2D eigenvalue weighted by atomic mass is 16.3. The summed E-state index contributed by atoms with van der Waals surface area (Å²) in [5.74, 6) is -1.65. The van der Waals surface area contributed by atoms with Gasteiger partial charge in [-0.15, -0.1) is 0 Å². The van der Waals surface area contributed by atoms with E-state index in [1.54, 1.807) is 36.4 Å². The van der Waals surface area contributed by atoms with Gasteiger partial charge in [-0.1, -0.05) is 60.2 Å². The fourth-order valence-electron chi connectivity index (χ4n) is 3.07. The molecule has 2 aromatic carbocycles. The third-order valence-electron chi connectivity index (χ3n) is 4.32. The number of aliphatic hydroxyl groups excluding tert-OH is 2. The quantitative estimate of drug-likeness (QED) is 0.510. The number of β-amino-alcohol motifs (C(OH)–C–C–N with tert-alkyl or cyclic N) is 1. The van der Waals surface area contributed by atoms with Crippen molar-refractivity contribution < 1.29 is 19.8 Å². The van der Waals surface area contributed by atoms with E-state index in [4.69, 9.17) is 0 Å². The fourth-order valence-corrected chi connectivity index (χ4v) is 3.07. The topological polar surface area (TPSA) is 77.8 Å². The molecule has 0 unspecified atom stereocenters. The molecule has 3 rings (SSSR count). The monoisotopic (exact) mass is 337 g/mol. The number of benzene rings is 2. The van der Waals surface area contributed by atoms with Crippen LogP contribution < -0.4 is 0 Å². The van der Waals surface area contributed by atoms with Crippen molar-refractivity contribution in [2.75, 3.05) is 13.2 Å². The molecule has 25 heavy (non-hydrogen) atoms. The number of carbonyl (C=O) groups excluding carboxylic acids is 2. The number of aryl methyl sites for hydroxylation is 1. The van der Waals surface area contributed by atoms with Gasteiger partial charge in [0, 0.05) is 12.1 Å². The number of likely N-dealkylation sites (tertiary alicyclic amines) is 1. The van der Waals surface area contributed by atoms with Crippen LogP contribution in [-0.4, -0.2) is 40.0 Å². The molecule has 128 valence electrons. The van der Waals surface area contributed by atoms with Crippen LogP contribution in [0.4, 0.5) is 0 Å². The summed E-state index contributed by atoms with van der Waals surface area (Å²) in [5.41, 5.74) is 2.27. The zero-order valence-corrected chi connectivity index (χ0v) is 13.8. The van der Waals surface area contributed by atoms with Crippen LogP contribution >= 0.6 is 0 Å². The van der Waals surface area contributed by atoms with Crippen molar-refractivity contribution in [3.05, 3.63) is 76.9 Å². The van der Waals surface area contributed by atoms with Crippen LogP contribution in [0.3, 0.4) is 0 Å². The number of carbonyl (C=O) groups is 2. The molecule has 0 radical (unpaired) electrons. The third-order valence-corrected chi connectivity index (χ3v) is 4.32. The summed E-state index contributed by atoms with van der Waals surface area (Å²) in [6, 6.07) is 15.4. The molecular weight excluding hydrogens is 318 g/mol. The largest absolute Gasteiger partial charge is 0.507 e. The average Bonchev–Trinajstić information content (AvgIpc) is 2.88. The molecule has 5 heteroatoms. The highest BCUT2D eigenvalue weighted by molar-refractivity contribution is 6.46. The highest BCUT2D eigenvalue weighted by Crippen LogP contribution is 2.38. The Hall–Kier alpha value is -2.92. The van der Waals surface area contributed by atoms with Gasteiger partial charge < -0.3 is 15.1 Å². The number of amides is 1. The second-order valence-electron chi connectivity index (χ2n) is 5.99. The molecule has 5 nitrogen and oxygen atoms in total. The van der Waals surface area contributed by atoms with Crippen LogP contribution in [0.15, 0.2) is 60.2 Å². The lowest BCUT2D eigenvalue weighted by atomic mass is 9.95. The van der Waals surface area contributed by atoms with Gasteiger partial charge in [-0.3, -0.25) is 9.59 Å². The predicted octanol–water partition coefficient (Wildman–Crippen LogP) is 2.41. The van der Waals surface area contributed by atoms with Gasteiger partial charge in [0.25, 0.3) is 11.7 Å². The predicted molar refractivity (Wildman–Crippen MR) is 93.7 cm³/mol. The number of hydrogen-bond donors (Lipinski definition) is 2. The van der Waals surface area contributed by atoms with Crippen molar-refractivity contribution >= 4 is 17.4 Å². The Morgan fingerprint density at radius 2 is 1.68 bits per heavy atom. The van der Waals surface area contributed by atoms with E-state index >= 15 is 0 Å². The summed E-state index contributed by atoms with van der Waals surface area (Å²) in [4.78, 5) is 26.3. The minimum atomic E-state index is -0.736. The molecule has 1 aliphatic heterocycles. The summed E-state index contributed by atoms with van der Waals surface area (Å²) < 4.78 is 0. The van der Waals surface area contributed by atoms with Crippen molar-refractivity contribution in [1.29, 1.82) is 0 Å². The van der Waals surface area contributed by atoms with Crippen LogP contribution in [0, 0.1) is 6.92 Å². The van der Waals surface area contributed by atoms with E-state index in [2.05, 4.69) is 0 Å². The molecular formula is C20H19NO4. The van der Waals surface area contributed by atoms with E-state index in [-0.39, 0.29) is 24.5 Å². The van der Waals surface area contributed by atoms with Gasteiger partial charge in [0.2, 0.25) is 0 Å². The SMILES string of the molecule is Cc1ccc(C(O)=C2C(=O)C(=O)N(CCO)[C@@H]2c2ccccc2)cc1. The maximum Gasteiger partial charge on any atom is 0.295 e. The summed E-state index contributed by atoms with van der Waals surface area (Å²) in [5, 5.41) is 20.0. The van der Waals surface area contributed by atoms with Gasteiger partial charge in [0.05, 0.1) is 18.2 Å². The molecule has 1 fully saturated rings. The van der Waals surface area contributed by atoms with E-state index in [0.717, 1.165) is 5.56 Å². The standard InChI is InChI=1S/C20H19NO4/c1-13-7-9-15(10-8-13)18(23)16-17(14-5-3-2-4-6-14)21(11-12-22)20(25)19(16)24/h2-10,17,22-23H,11-12H2,1H3/t17-/m1/s1. The minimum Gasteiger partial charge on any atom is -0.507 e. The van der Waals surface area contributed by atoms with Crippen LogP contribution in [-0.2, 0) is 9.59 Å². The van der Waals surface area contributed by atoms with Crippen LogP contribution in [0.5, 0.6) is 0 Å². The Labute approximate surface area is 145 Å². The molecule has 0 spiro atoms. The number of rotatable bonds is 4. The molecule has 0 saturated carbocycles. The average molecular weight is 337 g/mol. The Bertz CT molecular complexity index is 825. The maximum absolute atomic E-state index is 12.6. The first-order valence-electron chi connectivity index (χ1n) is 8.06. The number of hydrogen-bond acceptors (Lipinski definition) is 4. The molecule has 1 saturated heterocycles. The zero-order chi connectivity index (χ0) is 18.0. The fraction of sp³-hybridized carbons (Fsp3) is 0.200. The minimum absolute atomic E-state index is 0.0226. The van der Waals surface area contributed by atoms with Crippen molar-refractivity contribution in [2.45, 2.75) is 13.0 Å². The van der Waals surface area contributed by atoms with Crippen LogP contribution in [0.2, 0.25) is 0 Å². The lowest BCUT2D eigenvalue weighted by molar-refractivity contribution is -0.140. The first-order valence-corrected chi connectivity index (χ1v) is 8.06. The van der Waals surface area contributed by atoms with Gasteiger partial charge in [0.15, 0.2) is 0 Å². The molecule has 1 atom stereocenters. The second kappa shape index (κ2) is 6.91. The number of Topliss-reactive ketones (excluding diaryl/α,β-unsaturated/α-hetero) is 1.